The summed E-state index contributed by atoms with van der Waals surface area (Å²) in [6, 6.07) is 9.37. The van der Waals surface area contributed by atoms with Crippen LogP contribution in [0.2, 0.25) is 5.02 Å². The summed E-state index contributed by atoms with van der Waals surface area (Å²) in [5.41, 5.74) is 7.80. The van der Waals surface area contributed by atoms with Crippen LogP contribution in [0.1, 0.15) is 12.0 Å². The number of hydrogen-bond donors (Lipinski definition) is 2. The number of benzene rings is 2. The molecule has 0 fully saturated rings. The zero-order valence-corrected chi connectivity index (χ0v) is 15.7. The van der Waals surface area contributed by atoms with Gasteiger partial charge in [-0.1, -0.05) is 48.5 Å². The summed E-state index contributed by atoms with van der Waals surface area (Å²) in [7, 11) is 1.47. The first-order valence-electron chi connectivity index (χ1n) is 8.27. The maximum atomic E-state index is 15.3. The van der Waals surface area contributed by atoms with E-state index in [-0.39, 0.29) is 12.8 Å². The third-order valence-electron chi connectivity index (χ3n) is 4.11. The summed E-state index contributed by atoms with van der Waals surface area (Å²) in [4.78, 5) is 11.0. The molecule has 0 bridgehead atoms. The first-order valence-corrected chi connectivity index (χ1v) is 8.65. The van der Waals surface area contributed by atoms with Gasteiger partial charge in [0.25, 0.3) is 0 Å². The van der Waals surface area contributed by atoms with Crippen LogP contribution in [0.5, 0.6) is 5.75 Å². The molecule has 142 valence electrons. The number of carboxylic acid groups (broad SMARTS) is 1. The highest BCUT2D eigenvalue weighted by Gasteiger charge is 2.20. The van der Waals surface area contributed by atoms with Crippen LogP contribution >= 0.6 is 11.6 Å². The lowest BCUT2D eigenvalue weighted by atomic mass is 9.93. The molecule has 0 aliphatic heterocycles. The third kappa shape index (κ3) is 5.18. The molecule has 0 saturated carbocycles. The van der Waals surface area contributed by atoms with Crippen LogP contribution in [0.15, 0.2) is 60.7 Å². The largest absolute Gasteiger partial charge is 0.496 e. The van der Waals surface area contributed by atoms with Crippen LogP contribution in [0.25, 0.3) is 11.1 Å². The Labute approximate surface area is 162 Å². The Morgan fingerprint density at radius 1 is 1.41 bits per heavy atom. The number of carboxylic acids is 1. The predicted molar refractivity (Wildman–Crippen MR) is 106 cm³/mol. The molecule has 0 radical (unpaired) electrons. The maximum Gasteiger partial charge on any atom is 0.305 e. The van der Waals surface area contributed by atoms with Crippen LogP contribution < -0.4 is 10.5 Å². The molecule has 3 N–H and O–H groups in total. The summed E-state index contributed by atoms with van der Waals surface area (Å²) >= 11 is 6.04. The zero-order chi connectivity index (χ0) is 20.0. The van der Waals surface area contributed by atoms with Crippen LogP contribution in [0.3, 0.4) is 0 Å². The summed E-state index contributed by atoms with van der Waals surface area (Å²) in [6.45, 7) is 3.62. The molecule has 2 rings (SSSR count). The van der Waals surface area contributed by atoms with Crippen molar-refractivity contribution in [2.24, 2.45) is 5.73 Å². The molecule has 0 heterocycles. The van der Waals surface area contributed by atoms with Gasteiger partial charge in [0.2, 0.25) is 0 Å². The monoisotopic (exact) mass is 389 g/mol. The minimum atomic E-state index is -1.02. The molecule has 0 aromatic heterocycles. The van der Waals surface area contributed by atoms with Gasteiger partial charge in [-0.2, -0.15) is 0 Å². The van der Waals surface area contributed by atoms with Crippen molar-refractivity contribution >= 4 is 17.6 Å². The van der Waals surface area contributed by atoms with E-state index in [1.165, 1.54) is 13.2 Å². The fourth-order valence-electron chi connectivity index (χ4n) is 2.83. The van der Waals surface area contributed by atoms with Gasteiger partial charge >= 0.3 is 5.97 Å². The van der Waals surface area contributed by atoms with E-state index < -0.39 is 17.8 Å². The summed E-state index contributed by atoms with van der Waals surface area (Å²) < 4.78 is 20.6. The Hall–Kier alpha value is -2.63. The van der Waals surface area contributed by atoms with Crippen molar-refractivity contribution in [3.05, 3.63) is 77.1 Å². The molecule has 0 aliphatic carbocycles. The highest BCUT2D eigenvalue weighted by molar-refractivity contribution is 6.30. The van der Waals surface area contributed by atoms with Gasteiger partial charge in [0.05, 0.1) is 19.1 Å². The number of methoxy groups -OCH3 is 1. The molecule has 4 nitrogen and oxygen atoms in total. The average molecular weight is 390 g/mol. The number of aliphatic carboxylic acids is 1. The Morgan fingerprint density at radius 3 is 2.74 bits per heavy atom. The molecular formula is C21H21ClFNO3. The van der Waals surface area contributed by atoms with E-state index in [0.717, 1.165) is 0 Å². The third-order valence-corrected chi connectivity index (χ3v) is 4.35. The second kappa shape index (κ2) is 9.35. The molecule has 1 atom stereocenters. The van der Waals surface area contributed by atoms with Gasteiger partial charge in [-0.15, -0.1) is 0 Å². The Balaban J connectivity index is 2.49. The van der Waals surface area contributed by atoms with Gasteiger partial charge < -0.3 is 15.6 Å². The van der Waals surface area contributed by atoms with Crippen molar-refractivity contribution in [2.45, 2.75) is 18.9 Å². The number of ether oxygens (including phenoxy) is 1. The quantitative estimate of drug-likeness (QED) is 0.646. The minimum Gasteiger partial charge on any atom is -0.496 e. The molecular weight excluding hydrogens is 369 g/mol. The van der Waals surface area contributed by atoms with E-state index in [9.17, 15) is 4.79 Å². The molecule has 1 unspecified atom stereocenters. The fraction of sp³-hybridized carbons (Fsp3) is 0.190. The summed E-state index contributed by atoms with van der Waals surface area (Å²) in [5.74, 6) is -1.11. The second-order valence-electron chi connectivity index (χ2n) is 5.98. The lowest BCUT2D eigenvalue weighted by molar-refractivity contribution is -0.137. The predicted octanol–water partition coefficient (Wildman–Crippen LogP) is 4.61. The number of rotatable bonds is 8. The lowest BCUT2D eigenvalue weighted by Crippen LogP contribution is -2.27. The van der Waals surface area contributed by atoms with Crippen LogP contribution in [-0.4, -0.2) is 24.2 Å². The molecule has 0 aliphatic rings. The van der Waals surface area contributed by atoms with Crippen molar-refractivity contribution in [3.63, 3.8) is 0 Å². The van der Waals surface area contributed by atoms with Gasteiger partial charge in [0, 0.05) is 11.1 Å². The topological polar surface area (TPSA) is 72.5 Å². The smallest absolute Gasteiger partial charge is 0.305 e. The zero-order valence-electron chi connectivity index (χ0n) is 14.9. The Kier molecular flexibility index (Phi) is 7.16. The van der Waals surface area contributed by atoms with Gasteiger partial charge in [-0.25, -0.2) is 4.39 Å². The van der Waals surface area contributed by atoms with E-state index in [1.54, 1.807) is 42.5 Å². The lowest BCUT2D eigenvalue weighted by Gasteiger charge is -2.17. The van der Waals surface area contributed by atoms with Crippen molar-refractivity contribution in [1.82, 2.24) is 0 Å². The molecule has 0 spiro atoms. The SMILES string of the molecule is C=C/C=C(/Cc1ccc(OC)c(-c2cccc(Cl)c2)c1F)C(N)CC(=O)O. The van der Waals surface area contributed by atoms with Gasteiger partial charge in [0.1, 0.15) is 11.6 Å². The van der Waals surface area contributed by atoms with E-state index in [2.05, 4.69) is 6.58 Å². The maximum absolute atomic E-state index is 15.3. The van der Waals surface area contributed by atoms with E-state index in [4.69, 9.17) is 27.2 Å². The summed E-state index contributed by atoms with van der Waals surface area (Å²) in [6.07, 6.45) is 3.04. The van der Waals surface area contributed by atoms with Crippen molar-refractivity contribution in [3.8, 4) is 16.9 Å². The normalized spacial score (nSPS) is 12.5. The number of nitrogens with two attached hydrogens (primary N) is 1. The first kappa shape index (κ1) is 20.7. The fourth-order valence-corrected chi connectivity index (χ4v) is 3.02. The molecule has 27 heavy (non-hydrogen) atoms. The van der Waals surface area contributed by atoms with E-state index in [1.807, 2.05) is 0 Å². The minimum absolute atomic E-state index is 0.157. The number of hydrogen-bond acceptors (Lipinski definition) is 3. The number of halogens is 2. The van der Waals surface area contributed by atoms with Crippen molar-refractivity contribution < 1.29 is 19.0 Å². The van der Waals surface area contributed by atoms with Crippen LogP contribution in [-0.2, 0) is 11.2 Å². The van der Waals surface area contributed by atoms with E-state index >= 15 is 4.39 Å². The molecule has 0 amide bonds. The molecule has 6 heteroatoms. The number of allylic oxidation sites excluding steroid dienone is 2. The van der Waals surface area contributed by atoms with Gasteiger partial charge in [0.15, 0.2) is 0 Å². The molecule has 0 saturated heterocycles. The second-order valence-corrected chi connectivity index (χ2v) is 6.42. The highest BCUT2D eigenvalue weighted by Crippen LogP contribution is 2.36. The first-order chi connectivity index (χ1) is 12.9. The van der Waals surface area contributed by atoms with Crippen molar-refractivity contribution in [2.75, 3.05) is 7.11 Å². The molecule has 2 aromatic rings. The van der Waals surface area contributed by atoms with Crippen LogP contribution in [0, 0.1) is 5.82 Å². The van der Waals surface area contributed by atoms with E-state index in [0.29, 0.717) is 33.0 Å². The standard InChI is InChI=1S/C21H21ClFNO3/c1-3-5-13(17(24)12-19(25)26)10-15-8-9-18(27-2)20(21(15)23)14-6-4-7-16(22)11-14/h3-9,11,17H,1,10,12,24H2,2H3,(H,25,26)/b13-5-. The average Bonchev–Trinajstić information content (AvgIpc) is 2.61. The molecule has 2 aromatic carbocycles. The Morgan fingerprint density at radius 2 is 2.15 bits per heavy atom. The Bertz CT molecular complexity index is 880. The highest BCUT2D eigenvalue weighted by atomic mass is 35.5. The van der Waals surface area contributed by atoms with Crippen molar-refractivity contribution in [1.29, 1.82) is 0 Å². The number of carbonyl (C=O) groups is 1. The van der Waals surface area contributed by atoms with Gasteiger partial charge in [-0.3, -0.25) is 4.79 Å². The summed E-state index contributed by atoms with van der Waals surface area (Å²) in [5, 5.41) is 9.45. The van der Waals surface area contributed by atoms with Gasteiger partial charge in [-0.05, 0) is 41.3 Å². The van der Waals surface area contributed by atoms with Crippen LogP contribution in [0.4, 0.5) is 4.39 Å².